The van der Waals surface area contributed by atoms with Crippen LogP contribution in [0.25, 0.3) is 0 Å². The van der Waals surface area contributed by atoms with Gasteiger partial charge in [0.25, 0.3) is 0 Å². The first kappa shape index (κ1) is 16.2. The van der Waals surface area contributed by atoms with E-state index in [0.717, 1.165) is 31.7 Å². The first-order chi connectivity index (χ1) is 11.2. The number of halogens is 2. The van der Waals surface area contributed by atoms with Crippen molar-refractivity contribution in [3.8, 4) is 0 Å². The van der Waals surface area contributed by atoms with E-state index >= 15 is 0 Å². The van der Waals surface area contributed by atoms with Crippen LogP contribution in [-0.2, 0) is 6.54 Å². The predicted molar refractivity (Wildman–Crippen MR) is 97.6 cm³/mol. The van der Waals surface area contributed by atoms with Crippen LogP contribution in [-0.4, -0.2) is 18.0 Å². The molecule has 0 unspecified atom stereocenters. The van der Waals surface area contributed by atoms with Crippen LogP contribution in [0.4, 0.5) is 5.69 Å². The number of nitrogens with one attached hydrogen (secondary N) is 2. The molecule has 0 aliphatic carbocycles. The van der Waals surface area contributed by atoms with Gasteiger partial charge >= 0.3 is 0 Å². The van der Waals surface area contributed by atoms with Crippen molar-refractivity contribution in [2.75, 3.05) is 18.5 Å². The van der Waals surface area contributed by atoms with E-state index in [1.807, 2.05) is 12.1 Å². The van der Waals surface area contributed by atoms with Gasteiger partial charge in [0, 0.05) is 31.8 Å². The quantitative estimate of drug-likeness (QED) is 0.767. The zero-order valence-electron chi connectivity index (χ0n) is 12.7. The summed E-state index contributed by atoms with van der Waals surface area (Å²) >= 11 is 11.9. The lowest BCUT2D eigenvalue weighted by Gasteiger charge is -2.27. The van der Waals surface area contributed by atoms with Crippen molar-refractivity contribution in [3.05, 3.63) is 75.9 Å². The average molecular weight is 348 g/mol. The molecule has 0 radical (unpaired) electrons. The molecule has 0 amide bonds. The third kappa shape index (κ3) is 4.64. The molecule has 1 aliphatic heterocycles. The van der Waals surface area contributed by atoms with Gasteiger partial charge in [-0.15, -0.1) is 0 Å². The Morgan fingerprint density at radius 1 is 0.957 bits per heavy atom. The van der Waals surface area contributed by atoms with Crippen molar-refractivity contribution in [1.29, 1.82) is 0 Å². The third-order valence-corrected chi connectivity index (χ3v) is 4.57. The maximum absolute atomic E-state index is 6.01. The van der Waals surface area contributed by atoms with E-state index in [-0.39, 0.29) is 0 Å². The van der Waals surface area contributed by atoms with E-state index in [2.05, 4.69) is 52.2 Å². The van der Waals surface area contributed by atoms with Gasteiger partial charge in [-0.2, -0.15) is 0 Å². The molecule has 0 saturated carbocycles. The molecule has 2 N–H and O–H groups in total. The van der Waals surface area contributed by atoms with Crippen LogP contribution in [0.3, 0.4) is 0 Å². The van der Waals surface area contributed by atoms with E-state index in [0.29, 0.717) is 10.0 Å². The number of nitrogens with zero attached hydrogens (tertiary/aromatic N) is 1. The summed E-state index contributed by atoms with van der Waals surface area (Å²) in [5.41, 5.74) is 9.86. The summed E-state index contributed by atoms with van der Waals surface area (Å²) < 4.78 is 0. The molecule has 23 heavy (non-hydrogen) atoms. The van der Waals surface area contributed by atoms with Crippen LogP contribution in [0.5, 0.6) is 0 Å². The first-order valence-corrected chi connectivity index (χ1v) is 8.39. The molecule has 120 valence electrons. The highest BCUT2D eigenvalue weighted by molar-refractivity contribution is 6.42. The molecule has 0 saturated heterocycles. The molecule has 0 atom stereocenters. The molecule has 5 heteroatoms. The standard InChI is InChI=1S/C18H19Cl2N3/c19-17-7-6-16(12-18(17)20)22-21-15-8-10-23(11-9-15)13-14-4-2-1-3-5-14/h1-8,12,21-22H,9-11,13H2. The number of benzene rings is 2. The van der Waals surface area contributed by atoms with Gasteiger partial charge in [0.2, 0.25) is 0 Å². The van der Waals surface area contributed by atoms with Crippen molar-refractivity contribution in [1.82, 2.24) is 10.3 Å². The fraction of sp³-hybridized carbons (Fsp3) is 0.222. The number of rotatable bonds is 5. The van der Waals surface area contributed by atoms with Gasteiger partial charge in [0.05, 0.1) is 15.7 Å². The molecule has 0 spiro atoms. The summed E-state index contributed by atoms with van der Waals surface area (Å²) in [5, 5.41) is 1.11. The minimum absolute atomic E-state index is 0.546. The van der Waals surface area contributed by atoms with Crippen molar-refractivity contribution in [3.63, 3.8) is 0 Å². The Morgan fingerprint density at radius 2 is 1.78 bits per heavy atom. The normalized spacial score (nSPS) is 15.1. The molecule has 2 aromatic carbocycles. The Kier molecular flexibility index (Phi) is 5.44. The summed E-state index contributed by atoms with van der Waals surface area (Å²) in [5.74, 6) is 0. The molecule has 2 aromatic rings. The van der Waals surface area contributed by atoms with Crippen LogP contribution in [0.1, 0.15) is 12.0 Å². The van der Waals surface area contributed by atoms with Gasteiger partial charge in [-0.1, -0.05) is 53.5 Å². The first-order valence-electron chi connectivity index (χ1n) is 7.63. The van der Waals surface area contributed by atoms with Gasteiger partial charge in [-0.25, -0.2) is 0 Å². The van der Waals surface area contributed by atoms with Crippen LogP contribution in [0.15, 0.2) is 60.3 Å². The van der Waals surface area contributed by atoms with Gasteiger partial charge in [-0.3, -0.25) is 4.90 Å². The predicted octanol–water partition coefficient (Wildman–Crippen LogP) is 4.70. The zero-order valence-corrected chi connectivity index (χ0v) is 14.2. The smallest absolute Gasteiger partial charge is 0.0613 e. The summed E-state index contributed by atoms with van der Waals surface area (Å²) in [4.78, 5) is 2.43. The maximum Gasteiger partial charge on any atom is 0.0613 e. The summed E-state index contributed by atoms with van der Waals surface area (Å²) in [6.07, 6.45) is 3.21. The monoisotopic (exact) mass is 347 g/mol. The highest BCUT2D eigenvalue weighted by atomic mass is 35.5. The Balaban J connectivity index is 1.50. The number of hydrazine groups is 1. The second kappa shape index (κ2) is 7.73. The minimum atomic E-state index is 0.546. The van der Waals surface area contributed by atoms with Crippen molar-refractivity contribution < 1.29 is 0 Å². The van der Waals surface area contributed by atoms with Crippen LogP contribution >= 0.6 is 23.2 Å². The van der Waals surface area contributed by atoms with E-state index in [1.165, 1.54) is 11.3 Å². The van der Waals surface area contributed by atoms with E-state index in [9.17, 15) is 0 Å². The molecule has 3 rings (SSSR count). The second-order valence-corrected chi connectivity index (χ2v) is 6.39. The summed E-state index contributed by atoms with van der Waals surface area (Å²) in [6, 6.07) is 16.1. The molecule has 0 aromatic heterocycles. The number of hydrogen-bond donors (Lipinski definition) is 2. The molecule has 0 bridgehead atoms. The molecular weight excluding hydrogens is 329 g/mol. The summed E-state index contributed by atoms with van der Waals surface area (Å²) in [6.45, 7) is 2.97. The lowest BCUT2D eigenvalue weighted by molar-refractivity contribution is 0.283. The topological polar surface area (TPSA) is 27.3 Å². The van der Waals surface area contributed by atoms with Crippen molar-refractivity contribution in [2.24, 2.45) is 0 Å². The molecule has 1 heterocycles. The van der Waals surface area contributed by atoms with Gasteiger partial charge in [0.1, 0.15) is 0 Å². The highest BCUT2D eigenvalue weighted by Crippen LogP contribution is 2.24. The largest absolute Gasteiger partial charge is 0.305 e. The summed E-state index contributed by atoms with van der Waals surface area (Å²) in [7, 11) is 0. The fourth-order valence-electron chi connectivity index (χ4n) is 2.54. The molecule has 3 nitrogen and oxygen atoms in total. The van der Waals surface area contributed by atoms with Gasteiger partial charge in [-0.05, 0) is 29.8 Å². The Labute approximate surface area is 146 Å². The van der Waals surface area contributed by atoms with Crippen LogP contribution in [0.2, 0.25) is 10.0 Å². The lowest BCUT2D eigenvalue weighted by atomic mass is 10.1. The van der Waals surface area contributed by atoms with E-state index in [1.54, 1.807) is 6.07 Å². The van der Waals surface area contributed by atoms with Crippen LogP contribution in [0, 0.1) is 0 Å². The van der Waals surface area contributed by atoms with Crippen molar-refractivity contribution >= 4 is 28.9 Å². The Bertz CT molecular complexity index is 686. The lowest BCUT2D eigenvalue weighted by Crippen LogP contribution is -2.33. The number of anilines is 1. The molecule has 1 aliphatic rings. The van der Waals surface area contributed by atoms with Crippen LogP contribution < -0.4 is 10.9 Å². The minimum Gasteiger partial charge on any atom is -0.305 e. The van der Waals surface area contributed by atoms with Gasteiger partial charge in [0.15, 0.2) is 0 Å². The second-order valence-electron chi connectivity index (χ2n) is 5.58. The Morgan fingerprint density at radius 3 is 2.48 bits per heavy atom. The molecule has 0 fully saturated rings. The van der Waals surface area contributed by atoms with E-state index < -0.39 is 0 Å². The van der Waals surface area contributed by atoms with Gasteiger partial charge < -0.3 is 10.9 Å². The van der Waals surface area contributed by atoms with Crippen molar-refractivity contribution in [2.45, 2.75) is 13.0 Å². The van der Waals surface area contributed by atoms with E-state index in [4.69, 9.17) is 23.2 Å². The zero-order chi connectivity index (χ0) is 16.1. The average Bonchev–Trinajstić information content (AvgIpc) is 2.58. The third-order valence-electron chi connectivity index (χ3n) is 3.83. The Hall–Kier alpha value is -1.68. The number of hydrogen-bond acceptors (Lipinski definition) is 3. The SMILES string of the molecule is Clc1ccc(NNC2=CCN(Cc3ccccc3)CC2)cc1Cl. The molecular formula is C18H19Cl2N3. The fourth-order valence-corrected chi connectivity index (χ4v) is 2.83. The highest BCUT2D eigenvalue weighted by Gasteiger charge is 2.11. The maximum atomic E-state index is 6.01.